The smallest absolute Gasteiger partial charge is 0.311 e. The Morgan fingerprint density at radius 3 is 2.04 bits per heavy atom. The maximum absolute atomic E-state index is 12.2. The van der Waals surface area contributed by atoms with Crippen LogP contribution < -0.4 is 0 Å². The minimum atomic E-state index is -1.22. The van der Waals surface area contributed by atoms with Crippen LogP contribution in [-0.2, 0) is 9.59 Å². The maximum Gasteiger partial charge on any atom is 0.311 e. The Balaban J connectivity index is 3.01. The van der Waals surface area contributed by atoms with Crippen LogP contribution in [0.4, 0.5) is 0 Å². The molecule has 4 nitrogen and oxygen atoms in total. The van der Waals surface area contributed by atoms with Crippen LogP contribution in [0.5, 0.6) is 0 Å². The molecule has 0 saturated heterocycles. The van der Waals surface area contributed by atoms with Gasteiger partial charge in [-0.25, -0.2) is 0 Å². The molecule has 4 heteroatoms. The van der Waals surface area contributed by atoms with E-state index in [0.717, 1.165) is 25.7 Å². The molecule has 0 aromatic heterocycles. The molecule has 0 amide bonds. The molecular weight excluding hydrogens is 292 g/mol. The first-order valence-electron chi connectivity index (χ1n) is 8.82. The Kier molecular flexibility index (Phi) is 6.84. The third kappa shape index (κ3) is 3.78. The summed E-state index contributed by atoms with van der Waals surface area (Å²) in [5.74, 6) is -1.50. The molecular formula is C19H32O4. The first-order chi connectivity index (χ1) is 10.7. The van der Waals surface area contributed by atoms with Gasteiger partial charge in [-0.1, -0.05) is 65.5 Å². The van der Waals surface area contributed by atoms with E-state index in [1.807, 2.05) is 26.0 Å². The quantitative estimate of drug-likeness (QED) is 0.474. The summed E-state index contributed by atoms with van der Waals surface area (Å²) in [5.41, 5.74) is -2.41. The molecule has 2 unspecified atom stereocenters. The Morgan fingerprint density at radius 2 is 1.57 bits per heavy atom. The average molecular weight is 324 g/mol. The van der Waals surface area contributed by atoms with Gasteiger partial charge in [-0.05, 0) is 31.1 Å². The van der Waals surface area contributed by atoms with Gasteiger partial charge in [-0.2, -0.15) is 0 Å². The third-order valence-electron chi connectivity index (χ3n) is 5.59. The van der Waals surface area contributed by atoms with E-state index < -0.39 is 22.8 Å². The van der Waals surface area contributed by atoms with Crippen LogP contribution in [0.3, 0.4) is 0 Å². The van der Waals surface area contributed by atoms with Crippen molar-refractivity contribution in [3.63, 3.8) is 0 Å². The highest BCUT2D eigenvalue weighted by atomic mass is 16.4. The molecule has 0 spiro atoms. The summed E-state index contributed by atoms with van der Waals surface area (Å²) in [4.78, 5) is 24.3. The molecule has 0 aromatic rings. The largest absolute Gasteiger partial charge is 0.481 e. The zero-order chi connectivity index (χ0) is 17.7. The van der Waals surface area contributed by atoms with E-state index >= 15 is 0 Å². The number of allylic oxidation sites excluding steroid dienone is 2. The van der Waals surface area contributed by atoms with Crippen molar-refractivity contribution in [2.45, 2.75) is 72.6 Å². The monoisotopic (exact) mass is 324 g/mol. The summed E-state index contributed by atoms with van der Waals surface area (Å²) in [7, 11) is 0. The molecule has 2 N–H and O–H groups in total. The van der Waals surface area contributed by atoms with Crippen molar-refractivity contribution in [1.29, 1.82) is 0 Å². The van der Waals surface area contributed by atoms with Crippen molar-refractivity contribution in [3.05, 3.63) is 12.2 Å². The van der Waals surface area contributed by atoms with Crippen molar-refractivity contribution < 1.29 is 19.8 Å². The number of hydrogen-bond donors (Lipinski definition) is 2. The molecule has 0 aliphatic heterocycles. The van der Waals surface area contributed by atoms with Crippen molar-refractivity contribution in [2.24, 2.45) is 22.7 Å². The second kappa shape index (κ2) is 7.98. The van der Waals surface area contributed by atoms with Gasteiger partial charge in [0.1, 0.15) is 0 Å². The van der Waals surface area contributed by atoms with Crippen molar-refractivity contribution >= 4 is 11.9 Å². The first kappa shape index (κ1) is 19.7. The molecule has 2 atom stereocenters. The highest BCUT2D eigenvalue weighted by molar-refractivity contribution is 5.87. The SMILES string of the molecule is CC(C)CCCCCC1(C(=O)O)CC=CCC1(C(=O)O)C(C)C. The fraction of sp³-hybridized carbons (Fsp3) is 0.789. The van der Waals surface area contributed by atoms with Crippen LogP contribution in [0.25, 0.3) is 0 Å². The van der Waals surface area contributed by atoms with Crippen molar-refractivity contribution in [1.82, 2.24) is 0 Å². The summed E-state index contributed by atoms with van der Waals surface area (Å²) in [6, 6.07) is 0. The van der Waals surface area contributed by atoms with Crippen LogP contribution in [0.2, 0.25) is 0 Å². The number of hydrogen-bond acceptors (Lipinski definition) is 2. The van der Waals surface area contributed by atoms with Gasteiger partial charge >= 0.3 is 11.9 Å². The van der Waals surface area contributed by atoms with E-state index in [0.29, 0.717) is 25.2 Å². The normalized spacial score (nSPS) is 27.6. The molecule has 0 bridgehead atoms. The van der Waals surface area contributed by atoms with Gasteiger partial charge in [0.2, 0.25) is 0 Å². The number of carbonyl (C=O) groups is 2. The van der Waals surface area contributed by atoms with Crippen LogP contribution in [0.15, 0.2) is 12.2 Å². The van der Waals surface area contributed by atoms with E-state index in [9.17, 15) is 19.8 Å². The Morgan fingerprint density at radius 1 is 0.957 bits per heavy atom. The van der Waals surface area contributed by atoms with Crippen LogP contribution in [0.1, 0.15) is 72.6 Å². The zero-order valence-corrected chi connectivity index (χ0v) is 15.0. The predicted octanol–water partition coefficient (Wildman–Crippen LogP) is 4.74. The fourth-order valence-electron chi connectivity index (χ4n) is 4.12. The molecule has 0 radical (unpaired) electrons. The maximum atomic E-state index is 12.2. The fourth-order valence-corrected chi connectivity index (χ4v) is 4.12. The molecule has 1 rings (SSSR count). The van der Waals surface area contributed by atoms with E-state index in [2.05, 4.69) is 13.8 Å². The second-order valence-corrected chi connectivity index (χ2v) is 7.69. The van der Waals surface area contributed by atoms with Gasteiger partial charge in [0.05, 0.1) is 10.8 Å². The number of carboxylic acids is 2. The van der Waals surface area contributed by atoms with E-state index in [1.165, 1.54) is 0 Å². The Hall–Kier alpha value is -1.32. The van der Waals surface area contributed by atoms with Crippen LogP contribution in [-0.4, -0.2) is 22.2 Å². The summed E-state index contributed by atoms with van der Waals surface area (Å²) in [6.07, 6.45) is 8.70. The summed E-state index contributed by atoms with van der Waals surface area (Å²) >= 11 is 0. The number of unbranched alkanes of at least 4 members (excludes halogenated alkanes) is 2. The van der Waals surface area contributed by atoms with Crippen LogP contribution in [0, 0.1) is 22.7 Å². The molecule has 0 fully saturated rings. The van der Waals surface area contributed by atoms with E-state index in [1.54, 1.807) is 0 Å². The zero-order valence-electron chi connectivity index (χ0n) is 15.0. The third-order valence-corrected chi connectivity index (χ3v) is 5.59. The van der Waals surface area contributed by atoms with E-state index in [4.69, 9.17) is 0 Å². The lowest BCUT2D eigenvalue weighted by Gasteiger charge is -2.49. The lowest BCUT2D eigenvalue weighted by Crippen LogP contribution is -2.56. The van der Waals surface area contributed by atoms with Crippen LogP contribution >= 0.6 is 0 Å². The lowest BCUT2D eigenvalue weighted by molar-refractivity contribution is -0.181. The van der Waals surface area contributed by atoms with Gasteiger partial charge in [-0.3, -0.25) is 9.59 Å². The van der Waals surface area contributed by atoms with Crippen molar-refractivity contribution in [3.8, 4) is 0 Å². The topological polar surface area (TPSA) is 74.6 Å². The Bertz CT molecular complexity index is 452. The lowest BCUT2D eigenvalue weighted by atomic mass is 9.51. The number of rotatable bonds is 9. The average Bonchev–Trinajstić information content (AvgIpc) is 2.45. The molecule has 1 aliphatic rings. The minimum absolute atomic E-state index is 0.225. The van der Waals surface area contributed by atoms with Gasteiger partial charge in [0.25, 0.3) is 0 Å². The highest BCUT2D eigenvalue weighted by Crippen LogP contribution is 2.56. The highest BCUT2D eigenvalue weighted by Gasteiger charge is 2.62. The van der Waals surface area contributed by atoms with Gasteiger partial charge in [-0.15, -0.1) is 0 Å². The predicted molar refractivity (Wildman–Crippen MR) is 91.3 cm³/mol. The summed E-state index contributed by atoms with van der Waals surface area (Å²) in [5, 5.41) is 19.9. The van der Waals surface area contributed by atoms with Crippen molar-refractivity contribution in [2.75, 3.05) is 0 Å². The first-order valence-corrected chi connectivity index (χ1v) is 8.82. The van der Waals surface area contributed by atoms with E-state index in [-0.39, 0.29) is 5.92 Å². The molecule has 0 saturated carbocycles. The molecule has 0 aromatic carbocycles. The van der Waals surface area contributed by atoms with Gasteiger partial charge in [0.15, 0.2) is 0 Å². The Labute approximate surface area is 140 Å². The second-order valence-electron chi connectivity index (χ2n) is 7.69. The molecule has 1 aliphatic carbocycles. The summed E-state index contributed by atoms with van der Waals surface area (Å²) < 4.78 is 0. The standard InChI is InChI=1S/C19H32O4/c1-14(2)10-6-5-7-11-18(16(20)21)12-8-9-13-19(18,15(3)4)17(22)23/h8-9,14-15H,5-7,10-13H2,1-4H3,(H,20,21)(H,22,23). The molecule has 23 heavy (non-hydrogen) atoms. The number of carboxylic acid groups (broad SMARTS) is 2. The van der Waals surface area contributed by atoms with Gasteiger partial charge < -0.3 is 10.2 Å². The number of aliphatic carboxylic acids is 2. The molecule has 0 heterocycles. The summed E-state index contributed by atoms with van der Waals surface area (Å²) in [6.45, 7) is 8.03. The molecule has 132 valence electrons. The van der Waals surface area contributed by atoms with Gasteiger partial charge in [0, 0.05) is 0 Å². The minimum Gasteiger partial charge on any atom is -0.481 e.